The minimum Gasteiger partial charge on any atom is -0.374 e. The predicted octanol–water partition coefficient (Wildman–Crippen LogP) is 0.273. The van der Waals surface area contributed by atoms with Crippen molar-refractivity contribution in [1.82, 2.24) is 25.2 Å². The van der Waals surface area contributed by atoms with Crippen LogP contribution >= 0.6 is 11.3 Å². The summed E-state index contributed by atoms with van der Waals surface area (Å²) in [5.41, 5.74) is 5.86. The molecule has 90 valence electrons. The number of hydrogen-bond acceptors (Lipinski definition) is 7. The van der Waals surface area contributed by atoms with E-state index in [1.165, 1.54) is 16.0 Å². The van der Waals surface area contributed by atoms with Gasteiger partial charge in [0.1, 0.15) is 17.1 Å². The van der Waals surface area contributed by atoms with E-state index in [-0.39, 0.29) is 12.1 Å². The number of hydrogen-bond donors (Lipinski definition) is 1. The first-order chi connectivity index (χ1) is 8.74. The average Bonchev–Trinajstić information content (AvgIpc) is 2.79. The molecule has 3 aromatic rings. The number of nitrogen functional groups attached to an aromatic ring is 1. The van der Waals surface area contributed by atoms with Crippen LogP contribution in [0.5, 0.6) is 0 Å². The third-order valence-electron chi connectivity index (χ3n) is 2.40. The summed E-state index contributed by atoms with van der Waals surface area (Å²) in [5, 5.41) is 16.9. The lowest BCUT2D eigenvalue weighted by Gasteiger charge is -2.01. The van der Waals surface area contributed by atoms with E-state index in [0.29, 0.717) is 21.0 Å². The Kier molecular flexibility index (Phi) is 2.49. The van der Waals surface area contributed by atoms with Crippen LogP contribution in [-0.4, -0.2) is 25.2 Å². The highest BCUT2D eigenvalue weighted by molar-refractivity contribution is 7.15. The van der Waals surface area contributed by atoms with Crippen molar-refractivity contribution in [2.24, 2.45) is 0 Å². The minimum absolute atomic E-state index is 0.200. The Hall–Kier alpha value is -2.35. The molecule has 3 rings (SSSR count). The van der Waals surface area contributed by atoms with Crippen LogP contribution in [0.4, 0.5) is 5.13 Å². The summed E-state index contributed by atoms with van der Waals surface area (Å²) >= 11 is 1.22. The Morgan fingerprint density at radius 2 is 2.06 bits per heavy atom. The van der Waals surface area contributed by atoms with E-state index in [1.54, 1.807) is 18.2 Å². The third-order valence-corrected chi connectivity index (χ3v) is 3.13. The van der Waals surface area contributed by atoms with Crippen molar-refractivity contribution in [2.75, 3.05) is 5.73 Å². The molecule has 0 saturated heterocycles. The van der Waals surface area contributed by atoms with Gasteiger partial charge < -0.3 is 5.73 Å². The van der Waals surface area contributed by atoms with E-state index in [0.717, 1.165) is 0 Å². The molecule has 2 heterocycles. The first kappa shape index (κ1) is 10.8. The summed E-state index contributed by atoms with van der Waals surface area (Å²) in [7, 11) is 0. The van der Waals surface area contributed by atoms with Gasteiger partial charge in [0.2, 0.25) is 5.13 Å². The number of aromatic nitrogens is 5. The molecule has 0 amide bonds. The second kappa shape index (κ2) is 4.15. The third kappa shape index (κ3) is 1.82. The lowest BCUT2D eigenvalue weighted by molar-refractivity contribution is 0.596. The van der Waals surface area contributed by atoms with Gasteiger partial charge in [-0.1, -0.05) is 28.7 Å². The van der Waals surface area contributed by atoms with Crippen LogP contribution in [0, 0.1) is 0 Å². The topological polar surface area (TPSA) is 99.6 Å². The molecule has 2 aromatic heterocycles. The minimum atomic E-state index is -0.200. The summed E-state index contributed by atoms with van der Waals surface area (Å²) in [4.78, 5) is 12.1. The number of rotatable bonds is 2. The second-order valence-electron chi connectivity index (χ2n) is 3.60. The van der Waals surface area contributed by atoms with Gasteiger partial charge in [0.05, 0.1) is 5.39 Å². The van der Waals surface area contributed by atoms with E-state index >= 15 is 0 Å². The van der Waals surface area contributed by atoms with E-state index < -0.39 is 0 Å². The van der Waals surface area contributed by atoms with Crippen LogP contribution in [0.1, 0.15) is 5.01 Å². The lowest BCUT2D eigenvalue weighted by Crippen LogP contribution is -2.24. The Bertz CT molecular complexity index is 764. The van der Waals surface area contributed by atoms with Gasteiger partial charge in [-0.05, 0) is 12.1 Å². The van der Waals surface area contributed by atoms with Crippen LogP contribution in [0.3, 0.4) is 0 Å². The fourth-order valence-corrected chi connectivity index (χ4v) is 2.18. The summed E-state index contributed by atoms with van der Waals surface area (Å²) < 4.78 is 1.25. The van der Waals surface area contributed by atoms with E-state index in [9.17, 15) is 4.79 Å². The van der Waals surface area contributed by atoms with Gasteiger partial charge in [-0.2, -0.15) is 0 Å². The molecule has 0 aliphatic rings. The van der Waals surface area contributed by atoms with Gasteiger partial charge in [-0.3, -0.25) is 4.79 Å². The zero-order valence-corrected chi connectivity index (χ0v) is 9.96. The molecule has 0 radical (unpaired) electrons. The summed E-state index contributed by atoms with van der Waals surface area (Å²) in [6.45, 7) is 0.228. The van der Waals surface area contributed by atoms with Gasteiger partial charge in [0, 0.05) is 0 Å². The molecule has 0 unspecified atom stereocenters. The Balaban J connectivity index is 2.08. The van der Waals surface area contributed by atoms with Gasteiger partial charge in [0.15, 0.2) is 0 Å². The molecule has 0 fully saturated rings. The monoisotopic (exact) mass is 260 g/mol. The quantitative estimate of drug-likeness (QED) is 0.710. The van der Waals surface area contributed by atoms with E-state index in [1.807, 2.05) is 6.07 Å². The zero-order chi connectivity index (χ0) is 12.5. The maximum absolute atomic E-state index is 12.1. The number of nitrogens with two attached hydrogens (primary N) is 1. The van der Waals surface area contributed by atoms with E-state index in [2.05, 4.69) is 20.5 Å². The molecule has 8 heteroatoms. The number of benzene rings is 1. The molecule has 0 spiro atoms. The molecule has 7 nitrogen and oxygen atoms in total. The van der Waals surface area contributed by atoms with Crippen molar-refractivity contribution in [3.8, 4) is 0 Å². The maximum atomic E-state index is 12.1. The fourth-order valence-electron chi connectivity index (χ4n) is 1.59. The number of anilines is 1. The summed E-state index contributed by atoms with van der Waals surface area (Å²) in [6, 6.07) is 7.07. The van der Waals surface area contributed by atoms with Gasteiger partial charge >= 0.3 is 0 Å². The van der Waals surface area contributed by atoms with Gasteiger partial charge in [0.25, 0.3) is 5.56 Å². The molecule has 2 N–H and O–H groups in total. The predicted molar refractivity (Wildman–Crippen MR) is 67.2 cm³/mol. The van der Waals surface area contributed by atoms with Gasteiger partial charge in [-0.15, -0.1) is 15.3 Å². The van der Waals surface area contributed by atoms with Crippen LogP contribution in [0.2, 0.25) is 0 Å². The first-order valence-electron chi connectivity index (χ1n) is 5.14. The highest BCUT2D eigenvalue weighted by Gasteiger charge is 2.08. The maximum Gasteiger partial charge on any atom is 0.278 e. The zero-order valence-electron chi connectivity index (χ0n) is 9.15. The normalized spacial score (nSPS) is 10.9. The Morgan fingerprint density at radius 3 is 2.83 bits per heavy atom. The molecule has 0 saturated carbocycles. The number of fused-ring (bicyclic) bond motifs is 1. The smallest absolute Gasteiger partial charge is 0.278 e. The van der Waals surface area contributed by atoms with Crippen molar-refractivity contribution in [3.63, 3.8) is 0 Å². The highest BCUT2D eigenvalue weighted by atomic mass is 32.1. The molecule has 18 heavy (non-hydrogen) atoms. The molecular formula is C10H8N6OS. The molecular weight excluding hydrogens is 252 g/mol. The number of nitrogens with zero attached hydrogens (tertiary/aromatic N) is 5. The van der Waals surface area contributed by atoms with Gasteiger partial charge in [-0.25, -0.2) is 4.68 Å². The Labute approximate surface area is 105 Å². The first-order valence-corrected chi connectivity index (χ1v) is 5.96. The van der Waals surface area contributed by atoms with Crippen LogP contribution in [0.25, 0.3) is 10.9 Å². The molecule has 0 bridgehead atoms. The van der Waals surface area contributed by atoms with Crippen molar-refractivity contribution < 1.29 is 0 Å². The molecule has 0 aliphatic heterocycles. The second-order valence-corrected chi connectivity index (χ2v) is 4.70. The molecule has 0 atom stereocenters. The SMILES string of the molecule is Nc1nnc(Cn2nnc3ccccc3c2=O)s1. The fraction of sp³-hybridized carbons (Fsp3) is 0.100. The van der Waals surface area contributed by atoms with Crippen molar-refractivity contribution in [2.45, 2.75) is 6.54 Å². The van der Waals surface area contributed by atoms with Crippen molar-refractivity contribution >= 4 is 27.4 Å². The van der Waals surface area contributed by atoms with Crippen LogP contribution < -0.4 is 11.3 Å². The van der Waals surface area contributed by atoms with Crippen LogP contribution in [0.15, 0.2) is 29.1 Å². The summed E-state index contributed by atoms with van der Waals surface area (Å²) in [5.74, 6) is 0. The Morgan fingerprint density at radius 1 is 1.22 bits per heavy atom. The van der Waals surface area contributed by atoms with Crippen molar-refractivity contribution in [3.05, 3.63) is 39.6 Å². The molecule has 1 aromatic carbocycles. The summed E-state index contributed by atoms with van der Waals surface area (Å²) in [6.07, 6.45) is 0. The standard InChI is InChI=1S/C10H8N6OS/c11-10-14-13-8(18-10)5-16-9(17)6-3-1-2-4-7(6)12-15-16/h1-4H,5H2,(H2,11,14). The van der Waals surface area contributed by atoms with E-state index in [4.69, 9.17) is 5.73 Å². The average molecular weight is 260 g/mol. The lowest BCUT2D eigenvalue weighted by atomic mass is 10.2. The van der Waals surface area contributed by atoms with Crippen molar-refractivity contribution in [1.29, 1.82) is 0 Å². The highest BCUT2D eigenvalue weighted by Crippen LogP contribution is 2.11. The largest absolute Gasteiger partial charge is 0.374 e. The van der Waals surface area contributed by atoms with Crippen LogP contribution in [-0.2, 0) is 6.54 Å². The molecule has 0 aliphatic carbocycles.